The highest BCUT2D eigenvalue weighted by atomic mass is 16.1. The summed E-state index contributed by atoms with van der Waals surface area (Å²) < 4.78 is 0. The van der Waals surface area contributed by atoms with Crippen LogP contribution in [0.4, 0.5) is 5.69 Å². The largest absolute Gasteiger partial charge is 0.374 e. The van der Waals surface area contributed by atoms with Crippen molar-refractivity contribution in [1.82, 2.24) is 5.32 Å². The lowest BCUT2D eigenvalue weighted by Crippen LogP contribution is -2.38. The Labute approximate surface area is 137 Å². The van der Waals surface area contributed by atoms with E-state index in [0.29, 0.717) is 5.92 Å². The van der Waals surface area contributed by atoms with Gasteiger partial charge >= 0.3 is 0 Å². The minimum atomic E-state index is -0.442. The number of nitrogens with one attached hydrogen (secondary N) is 1. The van der Waals surface area contributed by atoms with Gasteiger partial charge in [0.15, 0.2) is 0 Å². The maximum absolute atomic E-state index is 11.8. The fourth-order valence-electron chi connectivity index (χ4n) is 3.31. The number of benzene rings is 2. The second kappa shape index (κ2) is 6.84. The summed E-state index contributed by atoms with van der Waals surface area (Å²) in [6, 6.07) is 17.7. The second-order valence-electron chi connectivity index (χ2n) is 6.12. The Morgan fingerprint density at radius 2 is 1.91 bits per heavy atom. The van der Waals surface area contributed by atoms with Crippen molar-refractivity contribution in [2.24, 2.45) is 5.73 Å². The number of carbonyl (C=O) groups excluding carboxylic acids is 1. The summed E-state index contributed by atoms with van der Waals surface area (Å²) in [4.78, 5) is 14.1. The molecule has 0 aromatic heterocycles. The van der Waals surface area contributed by atoms with Gasteiger partial charge in [-0.15, -0.1) is 0 Å². The van der Waals surface area contributed by atoms with Crippen LogP contribution in [0, 0.1) is 0 Å². The zero-order valence-corrected chi connectivity index (χ0v) is 13.4. The summed E-state index contributed by atoms with van der Waals surface area (Å²) in [5.41, 5.74) is 9.13. The first kappa shape index (κ1) is 15.6. The van der Waals surface area contributed by atoms with Crippen molar-refractivity contribution in [2.75, 3.05) is 25.0 Å². The van der Waals surface area contributed by atoms with E-state index >= 15 is 0 Å². The smallest absolute Gasteiger partial charge is 0.239 e. The van der Waals surface area contributed by atoms with Gasteiger partial charge in [-0.05, 0) is 23.6 Å². The van der Waals surface area contributed by atoms with E-state index in [1.165, 1.54) is 11.3 Å². The van der Waals surface area contributed by atoms with E-state index in [0.717, 1.165) is 25.1 Å². The standard InChI is InChI=1S/C19H23N3O/c1-22-12-11-15(16-9-5-6-10-17(16)22)13-21-18(19(20)23)14-7-3-2-4-8-14/h2-10,15,18,21H,11-13H2,1H3,(H2,20,23)/t15-,18-/m0/s1. The zero-order valence-electron chi connectivity index (χ0n) is 13.4. The average molecular weight is 309 g/mol. The predicted octanol–water partition coefficient (Wildman–Crippen LogP) is 2.43. The molecule has 0 saturated heterocycles. The van der Waals surface area contributed by atoms with E-state index in [1.807, 2.05) is 30.3 Å². The number of anilines is 1. The number of para-hydroxylation sites is 1. The first-order valence-corrected chi connectivity index (χ1v) is 8.04. The number of fused-ring (bicyclic) bond motifs is 1. The van der Waals surface area contributed by atoms with E-state index in [4.69, 9.17) is 5.73 Å². The van der Waals surface area contributed by atoms with Gasteiger partial charge < -0.3 is 16.0 Å². The highest BCUT2D eigenvalue weighted by Gasteiger charge is 2.25. The van der Waals surface area contributed by atoms with Crippen LogP contribution >= 0.6 is 0 Å². The van der Waals surface area contributed by atoms with Crippen LogP contribution in [-0.2, 0) is 4.79 Å². The molecule has 0 saturated carbocycles. The van der Waals surface area contributed by atoms with Crippen LogP contribution in [-0.4, -0.2) is 26.0 Å². The third-order valence-corrected chi connectivity index (χ3v) is 4.59. The predicted molar refractivity (Wildman–Crippen MR) is 93.5 cm³/mol. The van der Waals surface area contributed by atoms with Crippen molar-refractivity contribution in [3.63, 3.8) is 0 Å². The molecule has 2 atom stereocenters. The van der Waals surface area contributed by atoms with Crippen LogP contribution in [0.15, 0.2) is 54.6 Å². The zero-order chi connectivity index (χ0) is 16.2. The molecular weight excluding hydrogens is 286 g/mol. The number of rotatable bonds is 5. The van der Waals surface area contributed by atoms with E-state index in [2.05, 4.69) is 41.5 Å². The number of nitrogens with zero attached hydrogens (tertiary/aromatic N) is 1. The molecule has 120 valence electrons. The van der Waals surface area contributed by atoms with Gasteiger partial charge in [0.2, 0.25) is 5.91 Å². The van der Waals surface area contributed by atoms with Crippen molar-refractivity contribution >= 4 is 11.6 Å². The molecule has 2 aromatic rings. The Morgan fingerprint density at radius 3 is 2.65 bits per heavy atom. The molecular formula is C19H23N3O. The van der Waals surface area contributed by atoms with Gasteiger partial charge in [0.05, 0.1) is 0 Å². The Balaban J connectivity index is 1.75. The minimum absolute atomic E-state index is 0.336. The summed E-state index contributed by atoms with van der Waals surface area (Å²) in [5, 5.41) is 3.37. The lowest BCUT2D eigenvalue weighted by molar-refractivity contribution is -0.120. The Morgan fingerprint density at radius 1 is 1.22 bits per heavy atom. The molecule has 0 bridgehead atoms. The van der Waals surface area contributed by atoms with Crippen molar-refractivity contribution in [2.45, 2.75) is 18.4 Å². The fourth-order valence-corrected chi connectivity index (χ4v) is 3.31. The Hall–Kier alpha value is -2.33. The van der Waals surface area contributed by atoms with Gasteiger partial charge in [-0.2, -0.15) is 0 Å². The molecule has 0 spiro atoms. The first-order valence-electron chi connectivity index (χ1n) is 8.04. The molecule has 3 rings (SSSR count). The van der Waals surface area contributed by atoms with E-state index in [9.17, 15) is 4.79 Å². The number of hydrogen-bond donors (Lipinski definition) is 2. The molecule has 1 amide bonds. The highest BCUT2D eigenvalue weighted by molar-refractivity contribution is 5.81. The van der Waals surface area contributed by atoms with Gasteiger partial charge in [-0.25, -0.2) is 0 Å². The van der Waals surface area contributed by atoms with Crippen molar-refractivity contribution in [3.05, 3.63) is 65.7 Å². The third kappa shape index (κ3) is 3.37. The van der Waals surface area contributed by atoms with Crippen LogP contribution in [0.2, 0.25) is 0 Å². The summed E-state index contributed by atoms with van der Waals surface area (Å²) in [6.45, 7) is 1.77. The summed E-state index contributed by atoms with van der Waals surface area (Å²) >= 11 is 0. The highest BCUT2D eigenvalue weighted by Crippen LogP contribution is 2.34. The normalized spacial score (nSPS) is 18.3. The fraction of sp³-hybridized carbons (Fsp3) is 0.316. The SMILES string of the molecule is CN1CC[C@@H](CN[C@H](C(N)=O)c2ccccc2)c2ccccc21. The topological polar surface area (TPSA) is 58.4 Å². The number of hydrogen-bond acceptors (Lipinski definition) is 3. The molecule has 0 aliphatic carbocycles. The van der Waals surface area contributed by atoms with Crippen LogP contribution in [0.25, 0.3) is 0 Å². The Bertz CT molecular complexity index is 671. The van der Waals surface area contributed by atoms with Gasteiger partial charge in [-0.1, -0.05) is 48.5 Å². The third-order valence-electron chi connectivity index (χ3n) is 4.59. The van der Waals surface area contributed by atoms with E-state index < -0.39 is 6.04 Å². The minimum Gasteiger partial charge on any atom is -0.374 e. The molecule has 2 aromatic carbocycles. The van der Waals surface area contributed by atoms with E-state index in [1.54, 1.807) is 0 Å². The van der Waals surface area contributed by atoms with Gasteiger partial charge in [-0.3, -0.25) is 4.79 Å². The average Bonchev–Trinajstić information content (AvgIpc) is 2.58. The lowest BCUT2D eigenvalue weighted by atomic mass is 9.89. The molecule has 0 unspecified atom stereocenters. The molecule has 4 nitrogen and oxygen atoms in total. The lowest BCUT2D eigenvalue weighted by Gasteiger charge is -2.34. The quantitative estimate of drug-likeness (QED) is 0.892. The number of primary amides is 1. The molecule has 0 radical (unpaired) electrons. The molecule has 1 heterocycles. The molecule has 23 heavy (non-hydrogen) atoms. The summed E-state index contributed by atoms with van der Waals surface area (Å²) in [6.07, 6.45) is 1.07. The number of carbonyl (C=O) groups is 1. The van der Waals surface area contributed by atoms with Crippen LogP contribution in [0.3, 0.4) is 0 Å². The van der Waals surface area contributed by atoms with Crippen LogP contribution < -0.4 is 16.0 Å². The molecule has 4 heteroatoms. The summed E-state index contributed by atoms with van der Waals surface area (Å²) in [5.74, 6) is 0.0605. The maximum Gasteiger partial charge on any atom is 0.239 e. The van der Waals surface area contributed by atoms with Gasteiger partial charge in [0, 0.05) is 31.7 Å². The van der Waals surface area contributed by atoms with Crippen molar-refractivity contribution < 1.29 is 4.79 Å². The van der Waals surface area contributed by atoms with Crippen molar-refractivity contribution in [1.29, 1.82) is 0 Å². The second-order valence-corrected chi connectivity index (χ2v) is 6.12. The molecule has 1 aliphatic rings. The molecule has 1 aliphatic heterocycles. The maximum atomic E-state index is 11.8. The first-order chi connectivity index (χ1) is 11.2. The summed E-state index contributed by atoms with van der Waals surface area (Å²) in [7, 11) is 2.12. The van der Waals surface area contributed by atoms with E-state index in [-0.39, 0.29) is 5.91 Å². The van der Waals surface area contributed by atoms with Gasteiger partial charge in [0.25, 0.3) is 0 Å². The monoisotopic (exact) mass is 309 g/mol. The van der Waals surface area contributed by atoms with Gasteiger partial charge in [0.1, 0.15) is 6.04 Å². The van der Waals surface area contributed by atoms with Crippen LogP contribution in [0.1, 0.15) is 29.5 Å². The number of amides is 1. The van der Waals surface area contributed by atoms with Crippen LogP contribution in [0.5, 0.6) is 0 Å². The van der Waals surface area contributed by atoms with Crippen molar-refractivity contribution in [3.8, 4) is 0 Å². The Kier molecular flexibility index (Phi) is 4.63. The number of nitrogens with two attached hydrogens (primary N) is 1. The molecule has 0 fully saturated rings. The molecule has 3 N–H and O–H groups in total.